The minimum atomic E-state index is -0.135. The van der Waals surface area contributed by atoms with Gasteiger partial charge in [0.15, 0.2) is 0 Å². The molecule has 1 saturated carbocycles. The van der Waals surface area contributed by atoms with Crippen LogP contribution in [0.15, 0.2) is 0 Å². The molecule has 4 heteroatoms. The lowest BCUT2D eigenvalue weighted by Gasteiger charge is -2.45. The van der Waals surface area contributed by atoms with Crippen molar-refractivity contribution in [3.63, 3.8) is 0 Å². The van der Waals surface area contributed by atoms with E-state index in [0.29, 0.717) is 12.6 Å². The van der Waals surface area contributed by atoms with E-state index in [1.54, 1.807) is 0 Å². The summed E-state index contributed by atoms with van der Waals surface area (Å²) in [7, 11) is 2.02. The summed E-state index contributed by atoms with van der Waals surface area (Å²) in [5.74, 6) is 0.249. The lowest BCUT2D eigenvalue weighted by molar-refractivity contribution is -0.143. The number of nitrogens with two attached hydrogens (primary N) is 1. The first-order chi connectivity index (χ1) is 8.97. The normalized spacial score (nSPS) is 30.4. The van der Waals surface area contributed by atoms with Gasteiger partial charge in [-0.15, -0.1) is 0 Å². The fraction of sp³-hybridized carbons (Fsp3) is 0.933. The minimum absolute atomic E-state index is 0.0444. The molecule has 0 bridgehead atoms. The van der Waals surface area contributed by atoms with Gasteiger partial charge in [0.05, 0.1) is 0 Å². The molecule has 1 saturated heterocycles. The molecule has 1 aliphatic heterocycles. The van der Waals surface area contributed by atoms with Crippen LogP contribution in [0.25, 0.3) is 0 Å². The third kappa shape index (κ3) is 2.95. The van der Waals surface area contributed by atoms with Gasteiger partial charge in [0, 0.05) is 24.7 Å². The number of hydrogen-bond donors (Lipinski definition) is 1. The molecule has 0 aromatic heterocycles. The van der Waals surface area contributed by atoms with Crippen LogP contribution in [0.2, 0.25) is 0 Å². The summed E-state index contributed by atoms with van der Waals surface area (Å²) in [6, 6.07) is 0.292. The van der Waals surface area contributed by atoms with E-state index >= 15 is 0 Å². The molecule has 110 valence electrons. The zero-order chi connectivity index (χ0) is 14.0. The van der Waals surface area contributed by atoms with Crippen LogP contribution in [0.1, 0.15) is 52.4 Å². The van der Waals surface area contributed by atoms with Gasteiger partial charge in [0.1, 0.15) is 6.04 Å². The first-order valence-corrected chi connectivity index (χ1v) is 7.71. The quantitative estimate of drug-likeness (QED) is 0.826. The zero-order valence-corrected chi connectivity index (χ0v) is 12.7. The van der Waals surface area contributed by atoms with Crippen LogP contribution in [0.3, 0.4) is 0 Å². The molecule has 19 heavy (non-hydrogen) atoms. The highest BCUT2D eigenvalue weighted by atomic mass is 16.2. The Morgan fingerprint density at radius 2 is 1.89 bits per heavy atom. The van der Waals surface area contributed by atoms with Crippen molar-refractivity contribution in [2.75, 3.05) is 20.1 Å². The Hall–Kier alpha value is -0.610. The molecular formula is C15H29N3O. The van der Waals surface area contributed by atoms with E-state index in [1.807, 2.05) is 7.05 Å². The fourth-order valence-corrected chi connectivity index (χ4v) is 3.67. The van der Waals surface area contributed by atoms with E-state index in [0.717, 1.165) is 25.8 Å². The van der Waals surface area contributed by atoms with Crippen molar-refractivity contribution in [3.05, 3.63) is 0 Å². The van der Waals surface area contributed by atoms with Gasteiger partial charge in [0.2, 0.25) is 5.91 Å². The standard InChI is InChI=1S/C15H29N3O/c1-15(2)9-10-17(3)13(11-16)14(19)18(15)12-7-5-4-6-8-12/h12-13H,4-11,16H2,1-3H3. The van der Waals surface area contributed by atoms with Crippen LogP contribution in [0.5, 0.6) is 0 Å². The summed E-state index contributed by atoms with van der Waals surface area (Å²) in [5.41, 5.74) is 5.80. The van der Waals surface area contributed by atoms with Crippen LogP contribution in [0.4, 0.5) is 0 Å². The first kappa shape index (κ1) is 14.8. The average molecular weight is 267 g/mol. The maximum absolute atomic E-state index is 12.9. The number of carbonyl (C=O) groups excluding carboxylic acids is 1. The number of likely N-dealkylation sites (N-methyl/N-ethyl adjacent to an activating group) is 1. The summed E-state index contributed by atoms with van der Waals surface area (Å²) in [6.45, 7) is 5.80. The Kier molecular flexibility index (Phi) is 4.51. The van der Waals surface area contributed by atoms with Crippen molar-refractivity contribution >= 4 is 5.91 Å². The Morgan fingerprint density at radius 1 is 1.26 bits per heavy atom. The highest BCUT2D eigenvalue weighted by Gasteiger charge is 2.42. The van der Waals surface area contributed by atoms with Crippen molar-refractivity contribution in [1.29, 1.82) is 0 Å². The maximum atomic E-state index is 12.9. The van der Waals surface area contributed by atoms with Gasteiger partial charge in [-0.2, -0.15) is 0 Å². The van der Waals surface area contributed by atoms with Gasteiger partial charge in [-0.1, -0.05) is 19.3 Å². The molecule has 1 amide bonds. The topological polar surface area (TPSA) is 49.6 Å². The summed E-state index contributed by atoms with van der Waals surface area (Å²) < 4.78 is 0. The Balaban J connectivity index is 2.26. The molecule has 1 heterocycles. The smallest absolute Gasteiger partial charge is 0.241 e. The minimum Gasteiger partial charge on any atom is -0.333 e. The molecule has 2 fully saturated rings. The van der Waals surface area contributed by atoms with Gasteiger partial charge in [-0.25, -0.2) is 0 Å². The SMILES string of the molecule is CN1CCC(C)(C)N(C2CCCCC2)C(=O)C1CN. The largest absolute Gasteiger partial charge is 0.333 e. The second-order valence-corrected chi connectivity index (χ2v) is 6.79. The molecule has 0 aromatic carbocycles. The van der Waals surface area contributed by atoms with Crippen molar-refractivity contribution in [3.8, 4) is 0 Å². The van der Waals surface area contributed by atoms with E-state index in [-0.39, 0.29) is 17.5 Å². The molecule has 4 nitrogen and oxygen atoms in total. The van der Waals surface area contributed by atoms with Crippen LogP contribution >= 0.6 is 0 Å². The van der Waals surface area contributed by atoms with Gasteiger partial charge >= 0.3 is 0 Å². The lowest BCUT2D eigenvalue weighted by atomic mass is 9.88. The molecule has 1 unspecified atom stereocenters. The molecule has 0 radical (unpaired) electrons. The van der Waals surface area contributed by atoms with E-state index < -0.39 is 0 Å². The Morgan fingerprint density at radius 3 is 2.47 bits per heavy atom. The molecule has 2 aliphatic rings. The Bertz CT molecular complexity index is 323. The molecule has 0 spiro atoms. The van der Waals surface area contributed by atoms with Gasteiger partial charge in [0.25, 0.3) is 0 Å². The van der Waals surface area contributed by atoms with E-state index in [1.165, 1.54) is 19.3 Å². The van der Waals surface area contributed by atoms with Crippen LogP contribution in [-0.4, -0.2) is 53.5 Å². The van der Waals surface area contributed by atoms with Gasteiger partial charge in [-0.05, 0) is 40.2 Å². The number of carbonyl (C=O) groups is 1. The van der Waals surface area contributed by atoms with Crippen LogP contribution in [-0.2, 0) is 4.79 Å². The fourth-order valence-electron chi connectivity index (χ4n) is 3.67. The third-order valence-electron chi connectivity index (χ3n) is 4.95. The van der Waals surface area contributed by atoms with Gasteiger partial charge < -0.3 is 10.6 Å². The number of rotatable bonds is 2. The third-order valence-corrected chi connectivity index (χ3v) is 4.95. The van der Waals surface area contributed by atoms with Crippen molar-refractivity contribution < 1.29 is 4.79 Å². The zero-order valence-electron chi connectivity index (χ0n) is 12.7. The molecule has 2 rings (SSSR count). The maximum Gasteiger partial charge on any atom is 0.241 e. The van der Waals surface area contributed by atoms with Crippen molar-refractivity contribution in [2.24, 2.45) is 5.73 Å². The van der Waals surface area contributed by atoms with Gasteiger partial charge in [-0.3, -0.25) is 9.69 Å². The summed E-state index contributed by atoms with van der Waals surface area (Å²) in [6.07, 6.45) is 7.19. The first-order valence-electron chi connectivity index (χ1n) is 7.71. The number of nitrogens with zero attached hydrogens (tertiary/aromatic N) is 2. The predicted molar refractivity (Wildman–Crippen MR) is 77.9 cm³/mol. The van der Waals surface area contributed by atoms with E-state index in [9.17, 15) is 4.79 Å². The highest BCUT2D eigenvalue weighted by Crippen LogP contribution is 2.33. The van der Waals surface area contributed by atoms with E-state index in [2.05, 4.69) is 23.6 Å². The van der Waals surface area contributed by atoms with E-state index in [4.69, 9.17) is 5.73 Å². The summed E-state index contributed by atoms with van der Waals surface area (Å²) >= 11 is 0. The van der Waals surface area contributed by atoms with Crippen molar-refractivity contribution in [2.45, 2.75) is 70.0 Å². The molecule has 1 aliphatic carbocycles. The number of amides is 1. The Labute approximate surface area is 117 Å². The molecule has 2 N–H and O–H groups in total. The summed E-state index contributed by atoms with van der Waals surface area (Å²) in [4.78, 5) is 17.2. The average Bonchev–Trinajstić information content (AvgIpc) is 2.46. The monoisotopic (exact) mass is 267 g/mol. The van der Waals surface area contributed by atoms with Crippen LogP contribution < -0.4 is 5.73 Å². The molecule has 1 atom stereocenters. The number of hydrogen-bond acceptors (Lipinski definition) is 3. The lowest BCUT2D eigenvalue weighted by Crippen LogP contribution is -2.57. The second-order valence-electron chi connectivity index (χ2n) is 6.79. The molecule has 0 aromatic rings. The predicted octanol–water partition coefficient (Wildman–Crippen LogP) is 1.59. The van der Waals surface area contributed by atoms with Crippen molar-refractivity contribution in [1.82, 2.24) is 9.80 Å². The second kappa shape index (κ2) is 5.80. The molecular weight excluding hydrogens is 238 g/mol. The summed E-state index contributed by atoms with van der Waals surface area (Å²) in [5, 5.41) is 0. The highest BCUT2D eigenvalue weighted by molar-refractivity contribution is 5.83. The van der Waals surface area contributed by atoms with Crippen LogP contribution in [0, 0.1) is 0 Å².